The third-order valence-corrected chi connectivity index (χ3v) is 6.59. The fourth-order valence-electron chi connectivity index (χ4n) is 4.58. The number of carboxylic acids is 2. The van der Waals surface area contributed by atoms with E-state index in [1.165, 1.54) is 12.1 Å². The molecule has 1 saturated heterocycles. The first-order valence-electron chi connectivity index (χ1n) is 10.8. The Hall–Kier alpha value is -3.53. The van der Waals surface area contributed by atoms with E-state index in [0.29, 0.717) is 11.3 Å². The number of hydrogen-bond acceptors (Lipinski definition) is 6. The number of carbonyl (C=O) groups is 2. The fourth-order valence-corrected chi connectivity index (χ4v) is 4.58. The van der Waals surface area contributed by atoms with Gasteiger partial charge in [-0.25, -0.2) is 14.4 Å². The van der Waals surface area contributed by atoms with Crippen molar-refractivity contribution in [1.29, 1.82) is 0 Å². The Kier molecular flexibility index (Phi) is 5.24. The number of aromatic amines is 1. The summed E-state index contributed by atoms with van der Waals surface area (Å²) in [5.41, 5.74) is 0.420. The Morgan fingerprint density at radius 3 is 2.45 bits per heavy atom. The summed E-state index contributed by atoms with van der Waals surface area (Å²) in [6.07, 6.45) is 2.90. The van der Waals surface area contributed by atoms with Gasteiger partial charge >= 0.3 is 11.9 Å². The van der Waals surface area contributed by atoms with E-state index in [-0.39, 0.29) is 30.9 Å². The van der Waals surface area contributed by atoms with Crippen LogP contribution in [0.25, 0.3) is 22.4 Å². The Labute approximate surface area is 188 Å². The SMILES string of the molecule is O=C(O)C1(C(=O)O)CC(OC2CCN(c3ccc(-c4nc5cc(F)ccc5[nH]4)cn3)CC2)C1. The Balaban J connectivity index is 1.16. The molecule has 0 spiro atoms. The van der Waals surface area contributed by atoms with Crippen LogP contribution in [0.15, 0.2) is 36.5 Å². The van der Waals surface area contributed by atoms with Gasteiger partial charge in [-0.1, -0.05) is 0 Å². The summed E-state index contributed by atoms with van der Waals surface area (Å²) in [5, 5.41) is 18.4. The van der Waals surface area contributed by atoms with Crippen molar-refractivity contribution in [2.75, 3.05) is 18.0 Å². The number of anilines is 1. The minimum Gasteiger partial charge on any atom is -0.480 e. The van der Waals surface area contributed by atoms with E-state index in [1.807, 2.05) is 12.1 Å². The average Bonchev–Trinajstić information content (AvgIpc) is 3.19. The lowest BCUT2D eigenvalue weighted by Crippen LogP contribution is -2.54. The Bertz CT molecular complexity index is 1180. The molecule has 3 aromatic rings. The quantitative estimate of drug-likeness (QED) is 0.485. The van der Waals surface area contributed by atoms with E-state index in [9.17, 15) is 24.2 Å². The molecule has 10 heteroatoms. The molecule has 33 heavy (non-hydrogen) atoms. The lowest BCUT2D eigenvalue weighted by atomic mass is 9.66. The summed E-state index contributed by atoms with van der Waals surface area (Å²) in [6, 6.07) is 8.27. The van der Waals surface area contributed by atoms with E-state index in [4.69, 9.17) is 4.74 Å². The monoisotopic (exact) mass is 454 g/mol. The number of ether oxygens (including phenoxy) is 1. The van der Waals surface area contributed by atoms with Crippen LogP contribution in [0.3, 0.4) is 0 Å². The van der Waals surface area contributed by atoms with Crippen LogP contribution in [-0.2, 0) is 14.3 Å². The number of hydrogen-bond donors (Lipinski definition) is 3. The van der Waals surface area contributed by atoms with E-state index >= 15 is 0 Å². The highest BCUT2D eigenvalue weighted by atomic mass is 19.1. The maximum atomic E-state index is 13.4. The average molecular weight is 454 g/mol. The van der Waals surface area contributed by atoms with Crippen molar-refractivity contribution in [2.45, 2.75) is 37.9 Å². The van der Waals surface area contributed by atoms with Crippen molar-refractivity contribution < 1.29 is 28.9 Å². The number of benzene rings is 1. The van der Waals surface area contributed by atoms with Crippen molar-refractivity contribution in [2.24, 2.45) is 5.41 Å². The number of nitrogens with one attached hydrogen (secondary N) is 1. The molecule has 2 fully saturated rings. The second-order valence-corrected chi connectivity index (χ2v) is 8.70. The number of piperidine rings is 1. The summed E-state index contributed by atoms with van der Waals surface area (Å²) in [6.45, 7) is 1.47. The molecule has 0 bridgehead atoms. The van der Waals surface area contributed by atoms with E-state index in [1.54, 1.807) is 12.3 Å². The maximum Gasteiger partial charge on any atom is 0.321 e. The molecule has 9 nitrogen and oxygen atoms in total. The van der Waals surface area contributed by atoms with Gasteiger partial charge in [0.25, 0.3) is 0 Å². The third-order valence-electron chi connectivity index (χ3n) is 6.59. The van der Waals surface area contributed by atoms with Crippen LogP contribution >= 0.6 is 0 Å². The molecule has 0 radical (unpaired) electrons. The van der Waals surface area contributed by atoms with Gasteiger partial charge in [0.2, 0.25) is 0 Å². The van der Waals surface area contributed by atoms with Crippen LogP contribution in [0.4, 0.5) is 10.2 Å². The zero-order valence-electron chi connectivity index (χ0n) is 17.7. The predicted molar refractivity (Wildman–Crippen MR) is 116 cm³/mol. The lowest BCUT2D eigenvalue weighted by Gasteiger charge is -2.43. The van der Waals surface area contributed by atoms with Crippen LogP contribution < -0.4 is 4.90 Å². The maximum absolute atomic E-state index is 13.4. The number of rotatable bonds is 6. The number of halogens is 1. The number of pyridine rings is 1. The fraction of sp³-hybridized carbons (Fsp3) is 0.391. The number of fused-ring (bicyclic) bond motifs is 1. The van der Waals surface area contributed by atoms with E-state index in [2.05, 4.69) is 19.9 Å². The van der Waals surface area contributed by atoms with E-state index in [0.717, 1.165) is 42.8 Å². The van der Waals surface area contributed by atoms with Crippen molar-refractivity contribution >= 4 is 28.8 Å². The van der Waals surface area contributed by atoms with Gasteiger partial charge in [-0.3, -0.25) is 9.59 Å². The first-order valence-corrected chi connectivity index (χ1v) is 10.8. The predicted octanol–water partition coefficient (Wildman–Crippen LogP) is 3.07. The molecular formula is C23H23FN4O5. The number of nitrogens with zero attached hydrogens (tertiary/aromatic N) is 3. The van der Waals surface area contributed by atoms with Crippen molar-refractivity contribution in [3.8, 4) is 11.4 Å². The van der Waals surface area contributed by atoms with Gasteiger partial charge in [0, 0.05) is 43.8 Å². The largest absolute Gasteiger partial charge is 0.480 e. The first kappa shape index (κ1) is 21.3. The van der Waals surface area contributed by atoms with Crippen LogP contribution in [0.1, 0.15) is 25.7 Å². The van der Waals surface area contributed by atoms with Crippen LogP contribution in [0.2, 0.25) is 0 Å². The summed E-state index contributed by atoms with van der Waals surface area (Å²) >= 11 is 0. The smallest absolute Gasteiger partial charge is 0.321 e. The topological polar surface area (TPSA) is 129 Å². The summed E-state index contributed by atoms with van der Waals surface area (Å²) < 4.78 is 19.4. The minimum atomic E-state index is -1.70. The van der Waals surface area contributed by atoms with Gasteiger partial charge in [-0.15, -0.1) is 0 Å². The van der Waals surface area contributed by atoms with Crippen LogP contribution in [-0.4, -0.2) is 62.4 Å². The number of carboxylic acid groups (broad SMARTS) is 2. The van der Waals surface area contributed by atoms with Gasteiger partial charge in [0.1, 0.15) is 17.5 Å². The molecule has 0 atom stereocenters. The van der Waals surface area contributed by atoms with Crippen LogP contribution in [0.5, 0.6) is 0 Å². The molecule has 3 N–H and O–H groups in total. The number of H-pyrrole nitrogens is 1. The molecule has 3 heterocycles. The Morgan fingerprint density at radius 1 is 1.09 bits per heavy atom. The molecule has 172 valence electrons. The molecule has 0 amide bonds. The highest BCUT2D eigenvalue weighted by molar-refractivity contribution is 5.99. The Morgan fingerprint density at radius 2 is 1.82 bits per heavy atom. The van der Waals surface area contributed by atoms with Gasteiger partial charge in [0.05, 0.1) is 23.2 Å². The normalized spacial score (nSPS) is 18.9. The highest BCUT2D eigenvalue weighted by Crippen LogP contribution is 2.44. The van der Waals surface area contributed by atoms with Gasteiger partial charge in [-0.2, -0.15) is 0 Å². The van der Waals surface area contributed by atoms with Crippen molar-refractivity contribution in [3.05, 3.63) is 42.3 Å². The summed E-state index contributed by atoms with van der Waals surface area (Å²) in [7, 11) is 0. The number of aliphatic carboxylic acids is 2. The first-order chi connectivity index (χ1) is 15.8. The second kappa shape index (κ2) is 8.11. The molecule has 1 aliphatic carbocycles. The molecule has 1 saturated carbocycles. The molecule has 1 aromatic carbocycles. The molecule has 0 unspecified atom stereocenters. The second-order valence-electron chi connectivity index (χ2n) is 8.70. The third kappa shape index (κ3) is 3.91. The highest BCUT2D eigenvalue weighted by Gasteiger charge is 2.57. The summed E-state index contributed by atoms with van der Waals surface area (Å²) in [5.74, 6) is -1.47. The molecule has 1 aliphatic heterocycles. The summed E-state index contributed by atoms with van der Waals surface area (Å²) in [4.78, 5) is 36.9. The lowest BCUT2D eigenvalue weighted by molar-refractivity contribution is -0.189. The molecule has 2 aromatic heterocycles. The number of imidazole rings is 1. The number of aromatic nitrogens is 3. The zero-order valence-corrected chi connectivity index (χ0v) is 17.7. The van der Waals surface area contributed by atoms with Crippen LogP contribution in [0, 0.1) is 11.2 Å². The molecule has 5 rings (SSSR count). The zero-order chi connectivity index (χ0) is 23.2. The van der Waals surface area contributed by atoms with Gasteiger partial charge < -0.3 is 24.8 Å². The molecule has 2 aliphatic rings. The van der Waals surface area contributed by atoms with Gasteiger partial charge in [-0.05, 0) is 37.1 Å². The molecular weight excluding hydrogens is 431 g/mol. The van der Waals surface area contributed by atoms with Crippen molar-refractivity contribution in [1.82, 2.24) is 15.0 Å². The van der Waals surface area contributed by atoms with E-state index < -0.39 is 17.4 Å². The standard InChI is InChI=1S/C23H23FN4O5/c24-14-2-3-17-18(9-14)27-20(26-17)13-1-4-19(25-12-13)28-7-5-15(6-8-28)33-16-10-23(11-16,21(29)30)22(31)32/h1-4,9,12,15-16H,5-8,10-11H2,(H,26,27)(H,29,30)(H,31,32). The minimum absolute atomic E-state index is 0.00926. The van der Waals surface area contributed by atoms with Gasteiger partial charge in [0.15, 0.2) is 5.41 Å². The van der Waals surface area contributed by atoms with Crippen molar-refractivity contribution in [3.63, 3.8) is 0 Å².